The Kier molecular flexibility index (Phi) is 7.30. The number of nitriles is 1. The van der Waals surface area contributed by atoms with Crippen LogP contribution in [0.5, 0.6) is 5.75 Å². The Morgan fingerprint density at radius 1 is 1.32 bits per heavy atom. The molecular weight excluding hydrogens is 354 g/mol. The summed E-state index contributed by atoms with van der Waals surface area (Å²) in [6.07, 6.45) is 6.85. The number of rotatable bonds is 8. The summed E-state index contributed by atoms with van der Waals surface area (Å²) in [5.74, 6) is 0.734. The normalized spacial score (nSPS) is 21.2. The van der Waals surface area contributed by atoms with E-state index >= 15 is 0 Å². The van der Waals surface area contributed by atoms with Crippen molar-refractivity contribution in [1.29, 1.82) is 5.26 Å². The summed E-state index contributed by atoms with van der Waals surface area (Å²) in [7, 11) is 1.66. The molecule has 1 N–H and O–H groups in total. The summed E-state index contributed by atoms with van der Waals surface area (Å²) in [6.45, 7) is 2.35. The van der Waals surface area contributed by atoms with Gasteiger partial charge in [-0.25, -0.2) is 0 Å². The average molecular weight is 386 g/mol. The summed E-state index contributed by atoms with van der Waals surface area (Å²) in [6, 6.07) is 10.3. The standard InChI is InChI=1S/C22H31N3O3/c1-27-20-10-4-3-8-18(20)14-25(15-19-9-7-13-28-19)16-21(26)24-22(17-23)11-5-2-6-12-22/h3-4,8,10,19H,2,5-7,9,11-16H2,1H3,(H,24,26). The fourth-order valence-corrected chi connectivity index (χ4v) is 4.27. The van der Waals surface area contributed by atoms with E-state index in [0.717, 1.165) is 62.9 Å². The van der Waals surface area contributed by atoms with Gasteiger partial charge in [0.05, 0.1) is 25.8 Å². The van der Waals surface area contributed by atoms with Crippen molar-refractivity contribution >= 4 is 5.91 Å². The van der Waals surface area contributed by atoms with Gasteiger partial charge in [-0.2, -0.15) is 5.26 Å². The minimum absolute atomic E-state index is 0.0867. The Hall–Kier alpha value is -2.10. The van der Waals surface area contributed by atoms with Crippen molar-refractivity contribution in [3.63, 3.8) is 0 Å². The lowest BCUT2D eigenvalue weighted by molar-refractivity contribution is -0.124. The molecule has 0 radical (unpaired) electrons. The van der Waals surface area contributed by atoms with Crippen LogP contribution in [0, 0.1) is 11.3 Å². The number of carbonyl (C=O) groups excluding carboxylic acids is 1. The molecule has 0 spiro atoms. The number of carbonyl (C=O) groups is 1. The van der Waals surface area contributed by atoms with E-state index in [1.54, 1.807) is 7.11 Å². The van der Waals surface area contributed by atoms with Crippen molar-refractivity contribution in [3.05, 3.63) is 29.8 Å². The van der Waals surface area contributed by atoms with Gasteiger partial charge in [0.1, 0.15) is 11.3 Å². The molecule has 1 saturated heterocycles. The van der Waals surface area contributed by atoms with Crippen molar-refractivity contribution in [2.75, 3.05) is 26.8 Å². The molecule has 6 nitrogen and oxygen atoms in total. The molecule has 2 aliphatic rings. The van der Waals surface area contributed by atoms with E-state index in [9.17, 15) is 10.1 Å². The number of amides is 1. The Labute approximate surface area is 167 Å². The molecule has 3 rings (SSSR count). The lowest BCUT2D eigenvalue weighted by atomic mass is 9.83. The fraction of sp³-hybridized carbons (Fsp3) is 0.636. The Bertz CT molecular complexity index is 689. The molecule has 2 fully saturated rings. The third kappa shape index (κ3) is 5.46. The first-order valence-electron chi connectivity index (χ1n) is 10.3. The van der Waals surface area contributed by atoms with Gasteiger partial charge in [-0.15, -0.1) is 0 Å². The Morgan fingerprint density at radius 3 is 2.79 bits per heavy atom. The molecule has 0 aromatic heterocycles. The van der Waals surface area contributed by atoms with Crippen LogP contribution in [0.15, 0.2) is 24.3 Å². The minimum Gasteiger partial charge on any atom is -0.496 e. The van der Waals surface area contributed by atoms with E-state index in [2.05, 4.69) is 16.3 Å². The van der Waals surface area contributed by atoms with E-state index in [1.165, 1.54) is 0 Å². The Balaban J connectivity index is 1.67. The van der Waals surface area contributed by atoms with E-state index in [0.29, 0.717) is 13.1 Å². The van der Waals surface area contributed by atoms with E-state index < -0.39 is 5.54 Å². The van der Waals surface area contributed by atoms with Crippen molar-refractivity contribution in [3.8, 4) is 11.8 Å². The van der Waals surface area contributed by atoms with Gasteiger partial charge < -0.3 is 14.8 Å². The first kappa shape index (κ1) is 20.6. The Morgan fingerprint density at radius 2 is 2.11 bits per heavy atom. The maximum Gasteiger partial charge on any atom is 0.235 e. The maximum atomic E-state index is 12.8. The lowest BCUT2D eigenvalue weighted by Crippen LogP contribution is -2.52. The number of methoxy groups -OCH3 is 1. The number of para-hydroxylation sites is 1. The lowest BCUT2D eigenvalue weighted by Gasteiger charge is -2.33. The highest BCUT2D eigenvalue weighted by Crippen LogP contribution is 2.27. The zero-order valence-electron chi connectivity index (χ0n) is 16.8. The number of hydrogen-bond acceptors (Lipinski definition) is 5. The van der Waals surface area contributed by atoms with Crippen LogP contribution in [0.25, 0.3) is 0 Å². The van der Waals surface area contributed by atoms with Crippen molar-refractivity contribution in [1.82, 2.24) is 10.2 Å². The number of hydrogen-bond donors (Lipinski definition) is 1. The zero-order chi connectivity index (χ0) is 19.8. The predicted octanol–water partition coefficient (Wildman–Crippen LogP) is 3.02. The second-order valence-electron chi connectivity index (χ2n) is 7.92. The summed E-state index contributed by atoms with van der Waals surface area (Å²) in [5.41, 5.74) is 0.346. The SMILES string of the molecule is COc1ccccc1CN(CC(=O)NC1(C#N)CCCCC1)CC1CCCO1. The van der Waals surface area contributed by atoms with E-state index in [-0.39, 0.29) is 18.6 Å². The second kappa shape index (κ2) is 9.90. The van der Waals surface area contributed by atoms with Gasteiger partial charge in [0.15, 0.2) is 0 Å². The molecule has 28 heavy (non-hydrogen) atoms. The van der Waals surface area contributed by atoms with Crippen molar-refractivity contribution in [2.24, 2.45) is 0 Å². The van der Waals surface area contributed by atoms with Gasteiger partial charge in [-0.05, 0) is 31.7 Å². The second-order valence-corrected chi connectivity index (χ2v) is 7.92. The largest absolute Gasteiger partial charge is 0.496 e. The zero-order valence-corrected chi connectivity index (χ0v) is 16.8. The summed E-state index contributed by atoms with van der Waals surface area (Å²) in [4.78, 5) is 14.9. The number of benzene rings is 1. The molecule has 1 aliphatic heterocycles. The highest BCUT2D eigenvalue weighted by molar-refractivity contribution is 5.79. The van der Waals surface area contributed by atoms with Gasteiger partial charge in [-0.1, -0.05) is 37.5 Å². The monoisotopic (exact) mass is 385 g/mol. The van der Waals surface area contributed by atoms with E-state index in [1.807, 2.05) is 24.3 Å². The number of ether oxygens (including phenoxy) is 2. The molecule has 0 bridgehead atoms. The summed E-state index contributed by atoms with van der Waals surface area (Å²) < 4.78 is 11.3. The maximum absolute atomic E-state index is 12.8. The molecular formula is C22H31N3O3. The highest BCUT2D eigenvalue weighted by Gasteiger charge is 2.34. The van der Waals surface area contributed by atoms with Crippen LogP contribution in [-0.4, -0.2) is 49.3 Å². The average Bonchev–Trinajstić information content (AvgIpc) is 3.22. The van der Waals surface area contributed by atoms with Gasteiger partial charge in [0.2, 0.25) is 5.91 Å². The third-order valence-electron chi connectivity index (χ3n) is 5.74. The molecule has 1 amide bonds. The van der Waals surface area contributed by atoms with Gasteiger partial charge in [0, 0.05) is 25.3 Å². The molecule has 1 unspecified atom stereocenters. The van der Waals surface area contributed by atoms with Crippen LogP contribution in [0.3, 0.4) is 0 Å². The quantitative estimate of drug-likeness (QED) is 0.745. The topological polar surface area (TPSA) is 74.6 Å². The van der Waals surface area contributed by atoms with Crippen molar-refractivity contribution in [2.45, 2.75) is 63.1 Å². The van der Waals surface area contributed by atoms with Crippen LogP contribution in [0.1, 0.15) is 50.5 Å². The van der Waals surface area contributed by atoms with Crippen LogP contribution < -0.4 is 10.1 Å². The third-order valence-corrected chi connectivity index (χ3v) is 5.74. The minimum atomic E-state index is -0.699. The van der Waals surface area contributed by atoms with Crippen LogP contribution in [0.4, 0.5) is 0 Å². The molecule has 1 atom stereocenters. The highest BCUT2D eigenvalue weighted by atomic mass is 16.5. The first-order chi connectivity index (χ1) is 13.6. The molecule has 1 aromatic rings. The molecule has 152 valence electrons. The molecule has 6 heteroatoms. The molecule has 1 aromatic carbocycles. The molecule has 1 saturated carbocycles. The van der Waals surface area contributed by atoms with Crippen molar-refractivity contribution < 1.29 is 14.3 Å². The summed E-state index contributed by atoms with van der Waals surface area (Å²) >= 11 is 0. The number of nitrogens with zero attached hydrogens (tertiary/aromatic N) is 2. The summed E-state index contributed by atoms with van der Waals surface area (Å²) in [5, 5.41) is 12.7. The van der Waals surface area contributed by atoms with Crippen LogP contribution in [0.2, 0.25) is 0 Å². The van der Waals surface area contributed by atoms with E-state index in [4.69, 9.17) is 9.47 Å². The fourth-order valence-electron chi connectivity index (χ4n) is 4.27. The molecule has 1 aliphatic carbocycles. The van der Waals surface area contributed by atoms with Crippen LogP contribution in [-0.2, 0) is 16.1 Å². The van der Waals surface area contributed by atoms with Gasteiger partial charge >= 0.3 is 0 Å². The predicted molar refractivity (Wildman–Crippen MR) is 107 cm³/mol. The van der Waals surface area contributed by atoms with Gasteiger partial charge in [-0.3, -0.25) is 9.69 Å². The van der Waals surface area contributed by atoms with Crippen LogP contribution >= 0.6 is 0 Å². The first-order valence-corrected chi connectivity index (χ1v) is 10.3. The number of nitrogens with one attached hydrogen (secondary N) is 1. The smallest absolute Gasteiger partial charge is 0.235 e. The van der Waals surface area contributed by atoms with Gasteiger partial charge in [0.25, 0.3) is 0 Å². The molecule has 1 heterocycles.